The van der Waals surface area contributed by atoms with Crippen LogP contribution < -0.4 is 5.32 Å². The third-order valence-corrected chi connectivity index (χ3v) is 3.57. The van der Waals surface area contributed by atoms with Crippen LogP contribution in [0.4, 0.5) is 0 Å². The van der Waals surface area contributed by atoms with Crippen LogP contribution in [-0.4, -0.2) is 26.8 Å². The molecule has 0 amide bonds. The van der Waals surface area contributed by atoms with Crippen molar-refractivity contribution in [2.24, 2.45) is 0 Å². The second-order valence-corrected chi connectivity index (χ2v) is 5.44. The van der Waals surface area contributed by atoms with Gasteiger partial charge in [0.2, 0.25) is 0 Å². The minimum Gasteiger partial charge on any atom is -0.307 e. The molecule has 3 rings (SSSR count). The SMILES string of the molecule is Clc1cc(Cl)cc(-n2nnc(C3CCCCN3)n2)c1. The van der Waals surface area contributed by atoms with E-state index in [1.807, 2.05) is 0 Å². The summed E-state index contributed by atoms with van der Waals surface area (Å²) in [6.07, 6.45) is 3.44. The van der Waals surface area contributed by atoms with Crippen LogP contribution in [0.5, 0.6) is 0 Å². The number of hydrogen-bond donors (Lipinski definition) is 1. The molecule has 5 nitrogen and oxygen atoms in total. The van der Waals surface area contributed by atoms with Gasteiger partial charge in [0, 0.05) is 10.0 Å². The summed E-state index contributed by atoms with van der Waals surface area (Å²) in [5.74, 6) is 0.718. The van der Waals surface area contributed by atoms with Crippen molar-refractivity contribution < 1.29 is 0 Å². The quantitative estimate of drug-likeness (QED) is 0.926. The van der Waals surface area contributed by atoms with Crippen molar-refractivity contribution in [1.29, 1.82) is 0 Å². The maximum atomic E-state index is 5.97. The third kappa shape index (κ3) is 2.88. The van der Waals surface area contributed by atoms with Gasteiger partial charge in [-0.15, -0.1) is 15.0 Å². The molecule has 1 aliphatic rings. The molecule has 7 heteroatoms. The Morgan fingerprint density at radius 2 is 1.95 bits per heavy atom. The Balaban J connectivity index is 1.87. The van der Waals surface area contributed by atoms with E-state index in [0.29, 0.717) is 15.7 Å². The maximum absolute atomic E-state index is 5.97. The number of nitrogens with zero attached hydrogens (tertiary/aromatic N) is 4. The summed E-state index contributed by atoms with van der Waals surface area (Å²) in [4.78, 5) is 1.46. The largest absolute Gasteiger partial charge is 0.307 e. The van der Waals surface area contributed by atoms with Crippen LogP contribution >= 0.6 is 23.2 Å². The first kappa shape index (κ1) is 12.8. The zero-order valence-corrected chi connectivity index (χ0v) is 11.7. The van der Waals surface area contributed by atoms with Crippen molar-refractivity contribution in [2.75, 3.05) is 6.54 Å². The Morgan fingerprint density at radius 1 is 1.16 bits per heavy atom. The number of halogens is 2. The summed E-state index contributed by atoms with van der Waals surface area (Å²) in [6, 6.07) is 5.38. The highest BCUT2D eigenvalue weighted by Gasteiger charge is 2.19. The number of tetrazole rings is 1. The molecule has 2 heterocycles. The van der Waals surface area contributed by atoms with E-state index in [4.69, 9.17) is 23.2 Å². The summed E-state index contributed by atoms with van der Waals surface area (Å²) in [7, 11) is 0. The summed E-state index contributed by atoms with van der Waals surface area (Å²) in [5.41, 5.74) is 0.715. The van der Waals surface area contributed by atoms with E-state index in [1.165, 1.54) is 17.6 Å². The lowest BCUT2D eigenvalue weighted by atomic mass is 10.1. The molecule has 2 aromatic rings. The monoisotopic (exact) mass is 297 g/mol. The molecular weight excluding hydrogens is 285 g/mol. The van der Waals surface area contributed by atoms with Gasteiger partial charge < -0.3 is 5.32 Å². The lowest BCUT2D eigenvalue weighted by molar-refractivity contribution is 0.397. The number of rotatable bonds is 2. The van der Waals surface area contributed by atoms with Crippen molar-refractivity contribution in [1.82, 2.24) is 25.5 Å². The predicted molar refractivity (Wildman–Crippen MR) is 73.8 cm³/mol. The van der Waals surface area contributed by atoms with E-state index in [0.717, 1.165) is 18.8 Å². The van der Waals surface area contributed by atoms with Crippen LogP contribution in [0.25, 0.3) is 5.69 Å². The Kier molecular flexibility index (Phi) is 3.68. The first-order valence-corrected chi connectivity index (χ1v) is 6.98. The average Bonchev–Trinajstić information content (AvgIpc) is 2.88. The maximum Gasteiger partial charge on any atom is 0.192 e. The van der Waals surface area contributed by atoms with Gasteiger partial charge in [-0.25, -0.2) is 0 Å². The number of aromatic nitrogens is 4. The van der Waals surface area contributed by atoms with Crippen LogP contribution in [0.1, 0.15) is 31.1 Å². The lowest BCUT2D eigenvalue weighted by Crippen LogP contribution is -2.27. The highest BCUT2D eigenvalue weighted by molar-refractivity contribution is 6.34. The number of hydrogen-bond acceptors (Lipinski definition) is 4. The fourth-order valence-electron chi connectivity index (χ4n) is 2.20. The molecule has 1 saturated heterocycles. The molecular formula is C12H13Cl2N5. The number of piperidine rings is 1. The molecule has 1 atom stereocenters. The van der Waals surface area contributed by atoms with Gasteiger partial charge in [0.25, 0.3) is 0 Å². The van der Waals surface area contributed by atoms with E-state index in [-0.39, 0.29) is 6.04 Å². The molecule has 100 valence electrons. The molecule has 0 bridgehead atoms. The standard InChI is InChI=1S/C12H13Cl2N5/c13-8-5-9(14)7-10(6-8)19-17-12(16-18-19)11-3-1-2-4-15-11/h5-7,11,15H,1-4H2. The third-order valence-electron chi connectivity index (χ3n) is 3.13. The molecule has 0 spiro atoms. The van der Waals surface area contributed by atoms with E-state index >= 15 is 0 Å². The summed E-state index contributed by atoms with van der Waals surface area (Å²) in [5, 5.41) is 17.1. The second kappa shape index (κ2) is 5.45. The highest BCUT2D eigenvalue weighted by Crippen LogP contribution is 2.22. The highest BCUT2D eigenvalue weighted by atomic mass is 35.5. The predicted octanol–water partition coefficient (Wildman–Crippen LogP) is 2.78. The van der Waals surface area contributed by atoms with Gasteiger partial charge >= 0.3 is 0 Å². The van der Waals surface area contributed by atoms with Crippen LogP contribution in [0.15, 0.2) is 18.2 Å². The topological polar surface area (TPSA) is 55.6 Å². The molecule has 0 radical (unpaired) electrons. The minimum atomic E-state index is 0.192. The van der Waals surface area contributed by atoms with E-state index in [1.54, 1.807) is 18.2 Å². The molecule has 1 aromatic heterocycles. The van der Waals surface area contributed by atoms with Crippen LogP contribution in [0.3, 0.4) is 0 Å². The van der Waals surface area contributed by atoms with Gasteiger partial charge in [-0.1, -0.05) is 29.6 Å². The van der Waals surface area contributed by atoms with Gasteiger partial charge in [0.1, 0.15) is 0 Å². The van der Waals surface area contributed by atoms with Gasteiger partial charge in [0.05, 0.1) is 11.7 Å². The summed E-state index contributed by atoms with van der Waals surface area (Å²) in [6.45, 7) is 1.00. The number of nitrogens with one attached hydrogen (secondary N) is 1. The van der Waals surface area contributed by atoms with Gasteiger partial charge in [0.15, 0.2) is 5.82 Å². The molecule has 0 saturated carbocycles. The van der Waals surface area contributed by atoms with Crippen molar-refractivity contribution >= 4 is 23.2 Å². The van der Waals surface area contributed by atoms with Crippen LogP contribution in [-0.2, 0) is 0 Å². The Morgan fingerprint density at radius 3 is 2.63 bits per heavy atom. The van der Waals surface area contributed by atoms with E-state index in [2.05, 4.69) is 20.7 Å². The second-order valence-electron chi connectivity index (χ2n) is 4.57. The lowest BCUT2D eigenvalue weighted by Gasteiger charge is -2.19. The molecule has 19 heavy (non-hydrogen) atoms. The fraction of sp³-hybridized carbons (Fsp3) is 0.417. The first-order valence-electron chi connectivity index (χ1n) is 6.22. The Hall–Kier alpha value is -1.17. The van der Waals surface area contributed by atoms with Gasteiger partial charge in [-0.2, -0.15) is 0 Å². The average molecular weight is 298 g/mol. The van der Waals surface area contributed by atoms with E-state index in [9.17, 15) is 0 Å². The van der Waals surface area contributed by atoms with Crippen molar-refractivity contribution in [3.63, 3.8) is 0 Å². The van der Waals surface area contributed by atoms with Crippen molar-refractivity contribution in [3.8, 4) is 5.69 Å². The summed E-state index contributed by atoms with van der Waals surface area (Å²) >= 11 is 11.9. The molecule has 1 N–H and O–H groups in total. The van der Waals surface area contributed by atoms with Crippen molar-refractivity contribution in [2.45, 2.75) is 25.3 Å². The first-order chi connectivity index (χ1) is 9.22. The minimum absolute atomic E-state index is 0.192. The molecule has 1 unspecified atom stereocenters. The smallest absolute Gasteiger partial charge is 0.192 e. The summed E-state index contributed by atoms with van der Waals surface area (Å²) < 4.78 is 0. The zero-order chi connectivity index (χ0) is 13.2. The fourth-order valence-corrected chi connectivity index (χ4v) is 2.72. The molecule has 1 aliphatic heterocycles. The normalized spacial score (nSPS) is 19.6. The number of benzene rings is 1. The molecule has 1 fully saturated rings. The Labute approximate surface area is 120 Å². The zero-order valence-electron chi connectivity index (χ0n) is 10.2. The molecule has 0 aliphatic carbocycles. The molecule has 1 aromatic carbocycles. The van der Waals surface area contributed by atoms with Gasteiger partial charge in [-0.3, -0.25) is 0 Å². The van der Waals surface area contributed by atoms with Gasteiger partial charge in [-0.05, 0) is 42.8 Å². The van der Waals surface area contributed by atoms with Crippen molar-refractivity contribution in [3.05, 3.63) is 34.1 Å². The van der Waals surface area contributed by atoms with E-state index < -0.39 is 0 Å². The van der Waals surface area contributed by atoms with Crippen LogP contribution in [0.2, 0.25) is 10.0 Å². The Bertz CT molecular complexity index is 557. The van der Waals surface area contributed by atoms with Crippen LogP contribution in [0, 0.1) is 0 Å².